The molecule has 2 aromatic carbocycles. The number of carbonyl (C=O) groups excluding carboxylic acids is 2. The van der Waals surface area contributed by atoms with Crippen molar-refractivity contribution in [3.05, 3.63) is 59.7 Å². The molecule has 0 spiro atoms. The number of aliphatic carboxylic acids is 1. The Labute approximate surface area is 206 Å². The highest BCUT2D eigenvalue weighted by Gasteiger charge is 2.34. The first-order valence-electron chi connectivity index (χ1n) is 11.8. The van der Waals surface area contributed by atoms with Gasteiger partial charge in [-0.05, 0) is 34.6 Å². The number of alkyl carbamates (subject to hydrolysis) is 1. The van der Waals surface area contributed by atoms with Crippen LogP contribution in [-0.2, 0) is 19.1 Å². The van der Waals surface area contributed by atoms with E-state index in [-0.39, 0.29) is 25.5 Å². The van der Waals surface area contributed by atoms with Gasteiger partial charge in [0.05, 0.1) is 12.5 Å². The first-order chi connectivity index (χ1) is 16.6. The fraction of sp³-hybridized carbons (Fsp3) is 0.444. The lowest BCUT2D eigenvalue weighted by Gasteiger charge is -2.30. The molecule has 2 atom stereocenters. The summed E-state index contributed by atoms with van der Waals surface area (Å²) in [6.07, 6.45) is -1.57. The first-order valence-corrected chi connectivity index (χ1v) is 11.8. The summed E-state index contributed by atoms with van der Waals surface area (Å²) in [5.74, 6) is -1.53. The van der Waals surface area contributed by atoms with E-state index in [1.54, 1.807) is 6.92 Å². The normalized spacial score (nSPS) is 14.4. The quantitative estimate of drug-likeness (QED) is 0.473. The van der Waals surface area contributed by atoms with Crippen molar-refractivity contribution in [3.63, 3.8) is 0 Å². The summed E-state index contributed by atoms with van der Waals surface area (Å²) < 4.78 is 11.0. The fourth-order valence-corrected chi connectivity index (χ4v) is 4.37. The molecule has 8 nitrogen and oxygen atoms in total. The Bertz CT molecular complexity index is 1020. The number of hydrogen-bond acceptors (Lipinski definition) is 5. The van der Waals surface area contributed by atoms with E-state index in [4.69, 9.17) is 14.6 Å². The number of benzene rings is 2. The number of carbonyl (C=O) groups is 3. The predicted octanol–water partition coefficient (Wildman–Crippen LogP) is 3.94. The SMILES string of the molecule is CCOC(CNC(=O)C(NC(=O)OCC1c2ccccc2-c2ccccc21)C(C)(C)C)CC(=O)O. The highest BCUT2D eigenvalue weighted by atomic mass is 16.5. The topological polar surface area (TPSA) is 114 Å². The van der Waals surface area contributed by atoms with Gasteiger partial charge in [-0.3, -0.25) is 9.59 Å². The highest BCUT2D eigenvalue weighted by Crippen LogP contribution is 2.44. The lowest BCUT2D eigenvalue weighted by atomic mass is 9.86. The second-order valence-corrected chi connectivity index (χ2v) is 9.69. The van der Waals surface area contributed by atoms with Crippen molar-refractivity contribution in [1.82, 2.24) is 10.6 Å². The van der Waals surface area contributed by atoms with Crippen LogP contribution < -0.4 is 10.6 Å². The van der Waals surface area contributed by atoms with Crippen molar-refractivity contribution in [2.24, 2.45) is 5.41 Å². The fourth-order valence-electron chi connectivity index (χ4n) is 4.37. The van der Waals surface area contributed by atoms with E-state index < -0.39 is 35.5 Å². The van der Waals surface area contributed by atoms with E-state index in [0.717, 1.165) is 22.3 Å². The zero-order valence-corrected chi connectivity index (χ0v) is 20.7. The third-order valence-electron chi connectivity index (χ3n) is 6.04. The molecule has 3 N–H and O–H groups in total. The van der Waals surface area contributed by atoms with Crippen LogP contribution in [0.3, 0.4) is 0 Å². The summed E-state index contributed by atoms with van der Waals surface area (Å²) in [4.78, 5) is 36.7. The van der Waals surface area contributed by atoms with E-state index >= 15 is 0 Å². The van der Waals surface area contributed by atoms with Gasteiger partial charge >= 0.3 is 12.1 Å². The minimum absolute atomic E-state index is 0.0257. The van der Waals surface area contributed by atoms with E-state index in [0.29, 0.717) is 6.61 Å². The number of carboxylic acids is 1. The number of carboxylic acid groups (broad SMARTS) is 1. The Morgan fingerprint density at radius 3 is 2.09 bits per heavy atom. The van der Waals surface area contributed by atoms with Gasteiger partial charge in [0.15, 0.2) is 0 Å². The molecule has 1 aliphatic carbocycles. The Balaban J connectivity index is 1.63. The van der Waals surface area contributed by atoms with E-state index in [1.807, 2.05) is 57.2 Å². The van der Waals surface area contributed by atoms with Gasteiger partial charge in [-0.2, -0.15) is 0 Å². The molecule has 0 heterocycles. The molecule has 3 rings (SSSR count). The summed E-state index contributed by atoms with van der Waals surface area (Å²) in [6.45, 7) is 7.75. The number of ether oxygens (including phenoxy) is 2. The molecule has 0 radical (unpaired) electrons. The maximum absolute atomic E-state index is 12.9. The third kappa shape index (κ3) is 6.60. The Hall–Kier alpha value is -3.39. The Morgan fingerprint density at radius 1 is 1.00 bits per heavy atom. The smallest absolute Gasteiger partial charge is 0.407 e. The van der Waals surface area contributed by atoms with Gasteiger partial charge in [-0.15, -0.1) is 0 Å². The van der Waals surface area contributed by atoms with E-state index in [9.17, 15) is 14.4 Å². The molecule has 188 valence electrons. The molecule has 2 aromatic rings. The number of fused-ring (bicyclic) bond motifs is 3. The van der Waals surface area contributed by atoms with Gasteiger partial charge in [0, 0.05) is 19.1 Å². The third-order valence-corrected chi connectivity index (χ3v) is 6.04. The first kappa shape index (κ1) is 26.2. The average Bonchev–Trinajstić information content (AvgIpc) is 3.12. The largest absolute Gasteiger partial charge is 0.481 e. The molecule has 2 unspecified atom stereocenters. The number of hydrogen-bond donors (Lipinski definition) is 3. The zero-order chi connectivity index (χ0) is 25.6. The minimum atomic E-state index is -1.01. The van der Waals surface area contributed by atoms with Crippen molar-refractivity contribution >= 4 is 18.0 Å². The Morgan fingerprint density at radius 2 is 1.57 bits per heavy atom. The van der Waals surface area contributed by atoms with Crippen LogP contribution in [0.1, 0.15) is 51.2 Å². The molecule has 0 saturated heterocycles. The lowest BCUT2D eigenvalue weighted by molar-refractivity contribution is -0.140. The predicted molar refractivity (Wildman–Crippen MR) is 132 cm³/mol. The summed E-state index contributed by atoms with van der Waals surface area (Å²) in [7, 11) is 0. The van der Waals surface area contributed by atoms with Gasteiger partial charge in [-0.1, -0.05) is 69.3 Å². The molecule has 0 fully saturated rings. The molecule has 0 aromatic heterocycles. The van der Waals surface area contributed by atoms with Crippen molar-refractivity contribution in [1.29, 1.82) is 0 Å². The highest BCUT2D eigenvalue weighted by molar-refractivity contribution is 5.86. The van der Waals surface area contributed by atoms with Gasteiger partial charge in [0.1, 0.15) is 12.6 Å². The van der Waals surface area contributed by atoms with E-state index in [2.05, 4.69) is 22.8 Å². The molecule has 35 heavy (non-hydrogen) atoms. The number of nitrogens with one attached hydrogen (secondary N) is 2. The van der Waals surface area contributed by atoms with Crippen LogP contribution in [0.4, 0.5) is 4.79 Å². The molecule has 0 saturated carbocycles. The molecule has 0 bridgehead atoms. The lowest BCUT2D eigenvalue weighted by Crippen LogP contribution is -2.54. The van der Waals surface area contributed by atoms with Crippen molar-refractivity contribution in [2.45, 2.75) is 52.2 Å². The second-order valence-electron chi connectivity index (χ2n) is 9.69. The van der Waals surface area contributed by atoms with Crippen molar-refractivity contribution < 1.29 is 29.0 Å². The van der Waals surface area contributed by atoms with Crippen LogP contribution in [0.2, 0.25) is 0 Å². The maximum atomic E-state index is 12.9. The molecule has 1 aliphatic rings. The van der Waals surface area contributed by atoms with Crippen LogP contribution in [0, 0.1) is 5.41 Å². The van der Waals surface area contributed by atoms with Crippen molar-refractivity contribution in [3.8, 4) is 11.1 Å². The van der Waals surface area contributed by atoms with Crippen LogP contribution in [0.5, 0.6) is 0 Å². The monoisotopic (exact) mass is 482 g/mol. The average molecular weight is 483 g/mol. The number of amides is 2. The van der Waals surface area contributed by atoms with Gasteiger partial charge in [0.2, 0.25) is 5.91 Å². The Kier molecular flexibility index (Phi) is 8.51. The van der Waals surface area contributed by atoms with Crippen LogP contribution in [-0.4, -0.2) is 55.0 Å². The summed E-state index contributed by atoms with van der Waals surface area (Å²) in [5, 5.41) is 14.4. The standard InChI is InChI=1S/C27H34N2O6/c1-5-34-17(14-23(30)31)15-28-25(32)24(27(2,3)4)29-26(33)35-16-22-20-12-8-6-10-18(20)19-11-7-9-13-21(19)22/h6-13,17,22,24H,5,14-16H2,1-4H3,(H,28,32)(H,29,33)(H,30,31). The van der Waals surface area contributed by atoms with Gasteiger partial charge in [0.25, 0.3) is 0 Å². The van der Waals surface area contributed by atoms with Crippen molar-refractivity contribution in [2.75, 3.05) is 19.8 Å². The molecular formula is C27H34N2O6. The van der Waals surface area contributed by atoms with Crippen LogP contribution >= 0.6 is 0 Å². The van der Waals surface area contributed by atoms with Crippen LogP contribution in [0.15, 0.2) is 48.5 Å². The maximum Gasteiger partial charge on any atom is 0.407 e. The molecule has 0 aliphatic heterocycles. The molecule has 2 amide bonds. The zero-order valence-electron chi connectivity index (χ0n) is 20.7. The van der Waals surface area contributed by atoms with Gasteiger partial charge in [-0.25, -0.2) is 4.79 Å². The molecule has 8 heteroatoms. The van der Waals surface area contributed by atoms with Gasteiger partial charge < -0.3 is 25.2 Å². The summed E-state index contributed by atoms with van der Waals surface area (Å²) in [6, 6.07) is 15.2. The summed E-state index contributed by atoms with van der Waals surface area (Å²) in [5.41, 5.74) is 3.87. The summed E-state index contributed by atoms with van der Waals surface area (Å²) >= 11 is 0. The number of rotatable bonds is 10. The second kappa shape index (κ2) is 11.4. The van der Waals surface area contributed by atoms with E-state index in [1.165, 1.54) is 0 Å². The van der Waals surface area contributed by atoms with Crippen LogP contribution in [0.25, 0.3) is 11.1 Å². The minimum Gasteiger partial charge on any atom is -0.481 e. The molecular weight excluding hydrogens is 448 g/mol.